The molecule has 0 saturated carbocycles. The standard InChI is InChI=1S/C15H18Cl2N2O3.C15H19N3O3/c1-8(2)21-12-7-11(9(16)6-10(12)17)19-14(20)22-13(18-19)15(3,4)5;1-5-9-6-10(13(19)20)11(16-7-9)12-17-14(21)15(4,18-12)8(2)3/h6-8H,1-5H3;6-8H,5H2,1-4H3,(H,19,20)(H,17,18,21). The highest BCUT2D eigenvalue weighted by atomic mass is 35.5. The smallest absolute Gasteiger partial charge is 0.442 e. The van der Waals surface area contributed by atoms with Gasteiger partial charge in [0, 0.05) is 17.7 Å². The van der Waals surface area contributed by atoms with Crippen LogP contribution in [0, 0.1) is 5.92 Å². The molecule has 1 atom stereocenters. The zero-order valence-corrected chi connectivity index (χ0v) is 27.2. The van der Waals surface area contributed by atoms with Crippen LogP contribution in [0.4, 0.5) is 0 Å². The highest BCUT2D eigenvalue weighted by Crippen LogP contribution is 2.33. The average Bonchev–Trinajstić information content (AvgIpc) is 3.45. The molecule has 1 aromatic carbocycles. The van der Waals surface area contributed by atoms with Crippen LogP contribution in [0.25, 0.3) is 5.69 Å². The van der Waals surface area contributed by atoms with E-state index in [1.165, 1.54) is 6.07 Å². The molecule has 1 aliphatic rings. The first-order valence-electron chi connectivity index (χ1n) is 13.8. The van der Waals surface area contributed by atoms with E-state index in [9.17, 15) is 19.5 Å². The molecule has 2 N–H and O–H groups in total. The molecule has 0 radical (unpaired) electrons. The largest absolute Gasteiger partial charge is 0.489 e. The van der Waals surface area contributed by atoms with Gasteiger partial charge in [0.15, 0.2) is 5.84 Å². The van der Waals surface area contributed by atoms with Crippen LogP contribution in [-0.2, 0) is 16.6 Å². The number of pyridine rings is 1. The maximum absolute atomic E-state index is 12.1. The Kier molecular flexibility index (Phi) is 10.1. The van der Waals surface area contributed by atoms with Crippen molar-refractivity contribution < 1.29 is 23.8 Å². The molecular formula is C30H37Cl2N5O6. The number of nitrogens with zero attached hydrogens (tertiary/aromatic N) is 4. The van der Waals surface area contributed by atoms with Gasteiger partial charge in [0.05, 0.1) is 27.4 Å². The van der Waals surface area contributed by atoms with Crippen LogP contribution < -0.4 is 15.8 Å². The molecule has 2 aromatic heterocycles. The molecule has 0 bridgehead atoms. The molecule has 13 heteroatoms. The number of carbonyl (C=O) groups is 2. The molecule has 1 unspecified atom stereocenters. The number of aromatic nitrogens is 3. The van der Waals surface area contributed by atoms with Crippen LogP contribution in [0.15, 0.2) is 38.6 Å². The number of benzene rings is 1. The van der Waals surface area contributed by atoms with E-state index in [4.69, 9.17) is 32.4 Å². The summed E-state index contributed by atoms with van der Waals surface area (Å²) in [4.78, 5) is 44.2. The molecule has 0 saturated heterocycles. The Hall–Kier alpha value is -3.70. The van der Waals surface area contributed by atoms with Gasteiger partial charge in [-0.15, -0.1) is 5.10 Å². The van der Waals surface area contributed by atoms with Crippen LogP contribution in [0.1, 0.15) is 89.8 Å². The third-order valence-electron chi connectivity index (χ3n) is 6.75. The molecular weight excluding hydrogens is 597 g/mol. The van der Waals surface area contributed by atoms with Crippen molar-refractivity contribution in [3.8, 4) is 11.4 Å². The van der Waals surface area contributed by atoms with Crippen LogP contribution in [-0.4, -0.2) is 49.2 Å². The van der Waals surface area contributed by atoms with Gasteiger partial charge in [-0.2, -0.15) is 4.68 Å². The van der Waals surface area contributed by atoms with Crippen LogP contribution >= 0.6 is 23.2 Å². The third kappa shape index (κ3) is 7.45. The lowest BCUT2D eigenvalue weighted by molar-refractivity contribution is -0.124. The van der Waals surface area contributed by atoms with Gasteiger partial charge in [-0.3, -0.25) is 9.78 Å². The zero-order valence-electron chi connectivity index (χ0n) is 25.7. The number of amidine groups is 1. The van der Waals surface area contributed by atoms with Gasteiger partial charge in [0.25, 0.3) is 5.91 Å². The van der Waals surface area contributed by atoms with Gasteiger partial charge in [0.2, 0.25) is 5.89 Å². The number of carboxylic acids is 1. The first-order chi connectivity index (χ1) is 19.9. The van der Waals surface area contributed by atoms with Gasteiger partial charge in [-0.25, -0.2) is 14.6 Å². The fourth-order valence-electron chi connectivity index (χ4n) is 3.86. The number of amides is 1. The van der Waals surface area contributed by atoms with Crippen molar-refractivity contribution in [2.75, 3.05) is 0 Å². The number of nitrogens with one attached hydrogen (secondary N) is 1. The SMILES string of the molecule is CC(C)Oc1cc(-n2nc(C(C)(C)C)oc2=O)c(Cl)cc1Cl.CCc1cnc(C2=NC(C)(C(C)C)C(=O)N2)c(C(=O)O)c1. The van der Waals surface area contributed by atoms with E-state index in [0.29, 0.717) is 28.8 Å². The molecule has 1 aliphatic heterocycles. The minimum absolute atomic E-state index is 0.00167. The Bertz CT molecular complexity index is 1620. The second-order valence-electron chi connectivity index (χ2n) is 11.9. The molecule has 11 nitrogen and oxygen atoms in total. The van der Waals surface area contributed by atoms with E-state index in [2.05, 4.69) is 20.4 Å². The number of carbonyl (C=O) groups excluding carboxylic acids is 1. The summed E-state index contributed by atoms with van der Waals surface area (Å²) in [5.41, 5.74) is 0.175. The van der Waals surface area contributed by atoms with Gasteiger partial charge in [0.1, 0.15) is 17.0 Å². The Morgan fingerprint density at radius 1 is 1.14 bits per heavy atom. The van der Waals surface area contributed by atoms with E-state index in [1.54, 1.807) is 25.3 Å². The second-order valence-corrected chi connectivity index (χ2v) is 12.7. The summed E-state index contributed by atoms with van der Waals surface area (Å²) >= 11 is 12.3. The number of aliphatic imine (C=N–C) groups is 1. The van der Waals surface area contributed by atoms with Crippen molar-refractivity contribution in [2.24, 2.45) is 10.9 Å². The predicted molar refractivity (Wildman–Crippen MR) is 165 cm³/mol. The van der Waals surface area contributed by atoms with Crippen LogP contribution in [0.5, 0.6) is 5.75 Å². The summed E-state index contributed by atoms with van der Waals surface area (Å²) in [6.07, 6.45) is 2.24. The summed E-state index contributed by atoms with van der Waals surface area (Å²) in [7, 11) is 0. The number of ether oxygens (including phenoxy) is 1. The van der Waals surface area contributed by atoms with E-state index < -0.39 is 17.3 Å². The minimum Gasteiger partial charge on any atom is -0.489 e. The van der Waals surface area contributed by atoms with E-state index in [-0.39, 0.29) is 45.5 Å². The first kappa shape index (κ1) is 33.8. The fourth-order valence-corrected chi connectivity index (χ4v) is 4.37. The lowest BCUT2D eigenvalue weighted by Crippen LogP contribution is -2.41. The number of rotatable bonds is 7. The van der Waals surface area contributed by atoms with Crippen molar-refractivity contribution in [2.45, 2.75) is 85.8 Å². The van der Waals surface area contributed by atoms with E-state index in [0.717, 1.165) is 10.2 Å². The summed E-state index contributed by atoms with van der Waals surface area (Å²) in [6.45, 7) is 16.9. The number of carboxylic acid groups (broad SMARTS) is 1. The average molecular weight is 635 g/mol. The van der Waals surface area contributed by atoms with E-state index >= 15 is 0 Å². The maximum atomic E-state index is 12.1. The van der Waals surface area contributed by atoms with Gasteiger partial charge < -0.3 is 19.6 Å². The van der Waals surface area contributed by atoms with Gasteiger partial charge >= 0.3 is 11.7 Å². The molecule has 4 rings (SSSR count). The predicted octanol–water partition coefficient (Wildman–Crippen LogP) is 5.85. The quantitative estimate of drug-likeness (QED) is 0.329. The minimum atomic E-state index is -1.08. The number of aromatic carboxylic acids is 1. The Morgan fingerprint density at radius 3 is 2.28 bits per heavy atom. The molecule has 3 heterocycles. The molecule has 0 fully saturated rings. The van der Waals surface area contributed by atoms with Crippen molar-refractivity contribution >= 4 is 40.9 Å². The van der Waals surface area contributed by atoms with Crippen molar-refractivity contribution in [1.82, 2.24) is 20.1 Å². The molecule has 1 amide bonds. The second kappa shape index (κ2) is 12.9. The summed E-state index contributed by atoms with van der Waals surface area (Å²) in [5, 5.41) is 16.9. The number of hydrogen-bond donors (Lipinski definition) is 2. The van der Waals surface area contributed by atoms with Crippen molar-refractivity contribution in [3.05, 3.63) is 67.7 Å². The maximum Gasteiger partial charge on any atom is 0.442 e. The van der Waals surface area contributed by atoms with Crippen LogP contribution in [0.2, 0.25) is 10.0 Å². The normalized spacial score (nSPS) is 16.6. The topological polar surface area (TPSA) is 149 Å². The lowest BCUT2D eigenvalue weighted by Gasteiger charge is -2.21. The molecule has 3 aromatic rings. The zero-order chi connectivity index (χ0) is 32.4. The number of hydrogen-bond acceptors (Lipinski definition) is 8. The molecule has 232 valence electrons. The Labute approximate surface area is 260 Å². The van der Waals surface area contributed by atoms with Crippen molar-refractivity contribution in [1.29, 1.82) is 0 Å². The summed E-state index contributed by atoms with van der Waals surface area (Å²) < 4.78 is 11.9. The van der Waals surface area contributed by atoms with E-state index in [1.807, 2.05) is 55.4 Å². The first-order valence-corrected chi connectivity index (χ1v) is 14.5. The van der Waals surface area contributed by atoms with Crippen molar-refractivity contribution in [3.63, 3.8) is 0 Å². The number of halogens is 2. The molecule has 0 aliphatic carbocycles. The molecule has 0 spiro atoms. The Balaban J connectivity index is 0.000000236. The lowest BCUT2D eigenvalue weighted by atomic mass is 9.89. The number of aryl methyl sites for hydroxylation is 1. The van der Waals surface area contributed by atoms with Gasteiger partial charge in [-0.05, 0) is 50.8 Å². The monoisotopic (exact) mass is 633 g/mol. The van der Waals surface area contributed by atoms with Crippen LogP contribution in [0.3, 0.4) is 0 Å². The molecule has 43 heavy (non-hydrogen) atoms. The highest BCUT2D eigenvalue weighted by Gasteiger charge is 2.43. The Morgan fingerprint density at radius 2 is 1.79 bits per heavy atom. The summed E-state index contributed by atoms with van der Waals surface area (Å²) in [5.74, 6) is -0.926. The third-order valence-corrected chi connectivity index (χ3v) is 7.35. The highest BCUT2D eigenvalue weighted by molar-refractivity contribution is 6.36. The fraction of sp³-hybridized carbons (Fsp3) is 0.467. The van der Waals surface area contributed by atoms with Gasteiger partial charge in [-0.1, -0.05) is 64.7 Å². The summed E-state index contributed by atoms with van der Waals surface area (Å²) in [6, 6.07) is 4.68.